The van der Waals surface area contributed by atoms with Gasteiger partial charge in [-0.15, -0.1) is 0 Å². The zero-order valence-corrected chi connectivity index (χ0v) is 11.5. The van der Waals surface area contributed by atoms with Crippen LogP contribution in [0.25, 0.3) is 0 Å². The number of carbonyl (C=O) groups excluding carboxylic acids is 3. The lowest BCUT2D eigenvalue weighted by molar-refractivity contribution is -0.155. The predicted molar refractivity (Wildman–Crippen MR) is 75.1 cm³/mol. The van der Waals surface area contributed by atoms with Gasteiger partial charge < -0.3 is 4.74 Å². The van der Waals surface area contributed by atoms with Crippen LogP contribution in [-0.4, -0.2) is 42.5 Å². The second kappa shape index (κ2) is 6.81. The van der Waals surface area contributed by atoms with Crippen LogP contribution in [0.1, 0.15) is 10.4 Å². The van der Waals surface area contributed by atoms with Crippen molar-refractivity contribution < 1.29 is 19.1 Å². The molecule has 1 heterocycles. The Bertz CT molecular complexity index is 556. The maximum Gasteiger partial charge on any atom is 0.320 e. The standard InChI is InChI=1S/C15H16N2O4/c1-2-8-21-15(20)12-9-16-10-17(14(12)19)13(18)11-6-4-3-5-7-11/h2-7,12,16H,1,8-10H2. The molecule has 0 aromatic heterocycles. The summed E-state index contributed by atoms with van der Waals surface area (Å²) in [6, 6.07) is 8.45. The Morgan fingerprint density at radius 2 is 2.10 bits per heavy atom. The van der Waals surface area contributed by atoms with E-state index in [1.165, 1.54) is 6.08 Å². The molecule has 0 bridgehead atoms. The van der Waals surface area contributed by atoms with Gasteiger partial charge in [-0.1, -0.05) is 30.9 Å². The minimum Gasteiger partial charge on any atom is -0.461 e. The van der Waals surface area contributed by atoms with E-state index in [9.17, 15) is 14.4 Å². The van der Waals surface area contributed by atoms with E-state index < -0.39 is 23.7 Å². The molecule has 0 spiro atoms. The van der Waals surface area contributed by atoms with Gasteiger partial charge in [-0.2, -0.15) is 0 Å². The molecule has 1 unspecified atom stereocenters. The highest BCUT2D eigenvalue weighted by atomic mass is 16.5. The number of esters is 1. The Balaban J connectivity index is 2.11. The third kappa shape index (κ3) is 3.35. The molecule has 110 valence electrons. The molecule has 21 heavy (non-hydrogen) atoms. The van der Waals surface area contributed by atoms with Crippen molar-refractivity contribution in [2.24, 2.45) is 5.92 Å². The van der Waals surface area contributed by atoms with Gasteiger partial charge in [0.1, 0.15) is 12.5 Å². The number of nitrogens with one attached hydrogen (secondary N) is 1. The minimum absolute atomic E-state index is 0.0369. The SMILES string of the molecule is C=CCOC(=O)C1CNCN(C(=O)c2ccccc2)C1=O. The summed E-state index contributed by atoms with van der Waals surface area (Å²) in [5.74, 6) is -2.64. The zero-order chi connectivity index (χ0) is 15.2. The molecule has 6 heteroatoms. The third-order valence-electron chi connectivity index (χ3n) is 3.08. The summed E-state index contributed by atoms with van der Waals surface area (Å²) < 4.78 is 4.88. The fourth-order valence-corrected chi connectivity index (χ4v) is 2.01. The quantitative estimate of drug-likeness (QED) is 0.379. The molecule has 1 saturated heterocycles. The predicted octanol–water partition coefficient (Wildman–Crippen LogP) is 0.561. The number of rotatable bonds is 4. The number of carbonyl (C=O) groups is 3. The summed E-state index contributed by atoms with van der Waals surface area (Å²) >= 11 is 0. The van der Waals surface area contributed by atoms with Crippen molar-refractivity contribution in [1.82, 2.24) is 10.2 Å². The summed E-state index contributed by atoms with van der Waals surface area (Å²) in [6.07, 6.45) is 1.42. The van der Waals surface area contributed by atoms with E-state index in [1.807, 2.05) is 0 Å². The van der Waals surface area contributed by atoms with Crippen LogP contribution in [0.2, 0.25) is 0 Å². The molecule has 6 nitrogen and oxygen atoms in total. The van der Waals surface area contributed by atoms with Crippen LogP contribution in [0.5, 0.6) is 0 Å². The van der Waals surface area contributed by atoms with Gasteiger partial charge in [0.25, 0.3) is 5.91 Å². The van der Waals surface area contributed by atoms with Crippen LogP contribution in [0.15, 0.2) is 43.0 Å². The zero-order valence-electron chi connectivity index (χ0n) is 11.5. The van der Waals surface area contributed by atoms with Gasteiger partial charge in [0, 0.05) is 12.1 Å². The Labute approximate surface area is 122 Å². The first-order chi connectivity index (χ1) is 10.1. The monoisotopic (exact) mass is 288 g/mol. The fraction of sp³-hybridized carbons (Fsp3) is 0.267. The van der Waals surface area contributed by atoms with Crippen molar-refractivity contribution in [2.45, 2.75) is 0 Å². The first-order valence-corrected chi connectivity index (χ1v) is 6.54. The molecule has 1 fully saturated rings. The van der Waals surface area contributed by atoms with Gasteiger partial charge in [-0.05, 0) is 12.1 Å². The largest absolute Gasteiger partial charge is 0.461 e. The van der Waals surface area contributed by atoms with Crippen molar-refractivity contribution >= 4 is 17.8 Å². The second-order valence-electron chi connectivity index (χ2n) is 4.52. The normalized spacial score (nSPS) is 18.2. The molecule has 1 aliphatic heterocycles. The number of imide groups is 1. The minimum atomic E-state index is -1.01. The van der Waals surface area contributed by atoms with Gasteiger partial charge in [0.05, 0.1) is 6.67 Å². The average Bonchev–Trinajstić information content (AvgIpc) is 2.53. The summed E-state index contributed by atoms with van der Waals surface area (Å²) in [6.45, 7) is 3.72. The molecule has 2 amide bonds. The van der Waals surface area contributed by atoms with Crippen molar-refractivity contribution in [3.8, 4) is 0 Å². The van der Waals surface area contributed by atoms with Gasteiger partial charge in [-0.25, -0.2) is 0 Å². The van der Waals surface area contributed by atoms with E-state index in [0.29, 0.717) is 5.56 Å². The number of nitrogens with zero attached hydrogens (tertiary/aromatic N) is 1. The Kier molecular flexibility index (Phi) is 4.84. The maximum absolute atomic E-state index is 12.3. The van der Waals surface area contributed by atoms with Gasteiger partial charge in [0.15, 0.2) is 0 Å². The Hall–Kier alpha value is -2.47. The first-order valence-electron chi connectivity index (χ1n) is 6.54. The van der Waals surface area contributed by atoms with E-state index in [-0.39, 0.29) is 19.8 Å². The van der Waals surface area contributed by atoms with E-state index in [1.54, 1.807) is 30.3 Å². The molecule has 0 saturated carbocycles. The van der Waals surface area contributed by atoms with Gasteiger partial charge in [-0.3, -0.25) is 24.6 Å². The third-order valence-corrected chi connectivity index (χ3v) is 3.08. The van der Waals surface area contributed by atoms with E-state index >= 15 is 0 Å². The number of hydrogen-bond acceptors (Lipinski definition) is 5. The molecule has 2 rings (SSSR count). The van der Waals surface area contributed by atoms with Crippen LogP contribution in [0, 0.1) is 5.92 Å². The molecule has 1 aromatic rings. The van der Waals surface area contributed by atoms with E-state index in [2.05, 4.69) is 11.9 Å². The molecule has 0 aliphatic carbocycles. The van der Waals surface area contributed by atoms with Crippen LogP contribution in [0.4, 0.5) is 0 Å². The molecular weight excluding hydrogens is 272 g/mol. The van der Waals surface area contributed by atoms with Crippen LogP contribution >= 0.6 is 0 Å². The molecular formula is C15H16N2O4. The lowest BCUT2D eigenvalue weighted by Crippen LogP contribution is -2.56. The van der Waals surface area contributed by atoms with E-state index in [0.717, 1.165) is 4.90 Å². The Morgan fingerprint density at radius 3 is 2.76 bits per heavy atom. The average molecular weight is 288 g/mol. The lowest BCUT2D eigenvalue weighted by atomic mass is 10.1. The van der Waals surface area contributed by atoms with Crippen molar-refractivity contribution in [2.75, 3.05) is 19.8 Å². The molecule has 1 aromatic carbocycles. The van der Waals surface area contributed by atoms with Crippen LogP contribution < -0.4 is 5.32 Å². The van der Waals surface area contributed by atoms with Gasteiger partial charge >= 0.3 is 5.97 Å². The highest BCUT2D eigenvalue weighted by molar-refractivity contribution is 6.10. The number of hydrogen-bond donors (Lipinski definition) is 1. The lowest BCUT2D eigenvalue weighted by Gasteiger charge is -2.30. The summed E-state index contributed by atoms with van der Waals surface area (Å²) in [5, 5.41) is 2.88. The number of ether oxygens (including phenoxy) is 1. The van der Waals surface area contributed by atoms with Crippen molar-refractivity contribution in [3.05, 3.63) is 48.6 Å². The topological polar surface area (TPSA) is 75.7 Å². The molecule has 0 radical (unpaired) electrons. The van der Waals surface area contributed by atoms with Crippen molar-refractivity contribution in [3.63, 3.8) is 0 Å². The summed E-state index contributed by atoms with van der Waals surface area (Å²) in [7, 11) is 0. The summed E-state index contributed by atoms with van der Waals surface area (Å²) in [4.78, 5) is 37.4. The first kappa shape index (κ1) is 14.9. The molecule has 1 atom stereocenters. The number of benzene rings is 1. The molecule has 1 N–H and O–H groups in total. The highest BCUT2D eigenvalue weighted by Gasteiger charge is 2.38. The fourth-order valence-electron chi connectivity index (χ4n) is 2.01. The maximum atomic E-state index is 12.3. The van der Waals surface area contributed by atoms with Crippen LogP contribution in [0.3, 0.4) is 0 Å². The Morgan fingerprint density at radius 1 is 1.38 bits per heavy atom. The highest BCUT2D eigenvalue weighted by Crippen LogP contribution is 2.13. The van der Waals surface area contributed by atoms with Crippen LogP contribution in [-0.2, 0) is 14.3 Å². The number of amides is 2. The second-order valence-corrected chi connectivity index (χ2v) is 4.52. The summed E-state index contributed by atoms with van der Waals surface area (Å²) in [5.41, 5.74) is 0.396. The molecule has 1 aliphatic rings. The smallest absolute Gasteiger partial charge is 0.320 e. The van der Waals surface area contributed by atoms with Crippen molar-refractivity contribution in [1.29, 1.82) is 0 Å². The van der Waals surface area contributed by atoms with E-state index in [4.69, 9.17) is 4.74 Å². The van der Waals surface area contributed by atoms with Gasteiger partial charge in [0.2, 0.25) is 5.91 Å².